The average Bonchev–Trinajstić information content (AvgIpc) is 2.53. The lowest BCUT2D eigenvalue weighted by atomic mass is 10.1. The molecule has 2 aromatic rings. The lowest BCUT2D eigenvalue weighted by Gasteiger charge is -2.14. The number of benzene rings is 1. The Labute approximate surface area is 123 Å². The lowest BCUT2D eigenvalue weighted by molar-refractivity contribution is 0.0600. The molecule has 0 saturated heterocycles. The summed E-state index contributed by atoms with van der Waals surface area (Å²) in [7, 11) is 1.34. The van der Waals surface area contributed by atoms with E-state index in [0.29, 0.717) is 12.1 Å². The van der Waals surface area contributed by atoms with Crippen molar-refractivity contribution in [2.45, 2.75) is 19.5 Å². The van der Waals surface area contributed by atoms with E-state index in [-0.39, 0.29) is 11.9 Å². The van der Waals surface area contributed by atoms with Crippen molar-refractivity contribution in [3.8, 4) is 0 Å². The first kappa shape index (κ1) is 15.1. The minimum atomic E-state index is -0.401. The monoisotopic (exact) mass is 288 g/mol. The summed E-state index contributed by atoms with van der Waals surface area (Å²) in [6.45, 7) is 2.55. The maximum atomic E-state index is 12.9. The Hall–Kier alpha value is -2.27. The zero-order valence-electron chi connectivity index (χ0n) is 12.0. The largest absolute Gasteiger partial charge is 0.465 e. The summed E-state index contributed by atoms with van der Waals surface area (Å²) in [6.07, 6.45) is 1.49. The summed E-state index contributed by atoms with van der Waals surface area (Å²) in [5.74, 6) is -0.646. The summed E-state index contributed by atoms with van der Waals surface area (Å²) < 4.78 is 17.5. The van der Waals surface area contributed by atoms with E-state index >= 15 is 0 Å². The number of nitrogens with zero attached hydrogens (tertiary/aromatic N) is 1. The number of carbonyl (C=O) groups excluding carboxylic acids is 1. The van der Waals surface area contributed by atoms with Gasteiger partial charge in [0.1, 0.15) is 5.82 Å². The number of ether oxygens (including phenoxy) is 1. The molecule has 0 saturated carbocycles. The Bertz CT molecular complexity index is 597. The van der Waals surface area contributed by atoms with Crippen molar-refractivity contribution in [2.75, 3.05) is 7.11 Å². The zero-order valence-corrected chi connectivity index (χ0v) is 12.0. The Kier molecular flexibility index (Phi) is 5.00. The van der Waals surface area contributed by atoms with E-state index in [1.807, 2.05) is 6.92 Å². The fraction of sp³-hybridized carbons (Fsp3) is 0.250. The Morgan fingerprint density at radius 2 is 2.00 bits per heavy atom. The molecule has 0 aliphatic rings. The van der Waals surface area contributed by atoms with Gasteiger partial charge < -0.3 is 10.1 Å². The molecule has 0 radical (unpaired) electrons. The molecule has 110 valence electrons. The predicted octanol–water partition coefficient (Wildman–Crippen LogP) is 2.86. The predicted molar refractivity (Wildman–Crippen MR) is 77.2 cm³/mol. The number of hydrogen-bond acceptors (Lipinski definition) is 4. The van der Waals surface area contributed by atoms with Gasteiger partial charge in [-0.2, -0.15) is 0 Å². The van der Waals surface area contributed by atoms with Gasteiger partial charge in [0.05, 0.1) is 18.4 Å². The molecule has 0 amide bonds. The molecular weight excluding hydrogens is 271 g/mol. The molecule has 2 rings (SSSR count). The third-order valence-corrected chi connectivity index (χ3v) is 3.21. The number of pyridine rings is 1. The minimum Gasteiger partial charge on any atom is -0.465 e. The Morgan fingerprint density at radius 3 is 2.57 bits per heavy atom. The molecule has 1 unspecified atom stereocenters. The topological polar surface area (TPSA) is 51.2 Å². The van der Waals surface area contributed by atoms with E-state index in [2.05, 4.69) is 15.0 Å². The summed E-state index contributed by atoms with van der Waals surface area (Å²) in [4.78, 5) is 15.5. The number of hydrogen-bond donors (Lipinski definition) is 1. The normalized spacial score (nSPS) is 12.0. The Balaban J connectivity index is 1.93. The fourth-order valence-corrected chi connectivity index (χ4v) is 1.89. The van der Waals surface area contributed by atoms with Gasteiger partial charge in [0, 0.05) is 18.8 Å². The fourth-order valence-electron chi connectivity index (χ4n) is 1.89. The highest BCUT2D eigenvalue weighted by Gasteiger charge is 2.07. The molecule has 4 nitrogen and oxygen atoms in total. The van der Waals surface area contributed by atoms with Gasteiger partial charge in [-0.05, 0) is 36.8 Å². The lowest BCUT2D eigenvalue weighted by Crippen LogP contribution is -2.19. The number of carbonyl (C=O) groups is 1. The van der Waals surface area contributed by atoms with Crippen LogP contribution in [0.15, 0.2) is 42.6 Å². The number of rotatable bonds is 5. The molecule has 21 heavy (non-hydrogen) atoms. The van der Waals surface area contributed by atoms with Crippen LogP contribution in [-0.4, -0.2) is 18.1 Å². The number of nitrogens with one attached hydrogen (secondary N) is 1. The van der Waals surface area contributed by atoms with Gasteiger partial charge in [-0.25, -0.2) is 9.18 Å². The van der Waals surface area contributed by atoms with E-state index in [1.54, 1.807) is 24.3 Å². The van der Waals surface area contributed by atoms with Crippen LogP contribution >= 0.6 is 0 Å². The van der Waals surface area contributed by atoms with Crippen LogP contribution < -0.4 is 5.32 Å². The molecule has 0 aliphatic heterocycles. The maximum Gasteiger partial charge on any atom is 0.339 e. The van der Waals surface area contributed by atoms with Crippen molar-refractivity contribution in [1.29, 1.82) is 0 Å². The smallest absolute Gasteiger partial charge is 0.339 e. The van der Waals surface area contributed by atoms with Crippen LogP contribution in [0.25, 0.3) is 0 Å². The quantitative estimate of drug-likeness (QED) is 0.860. The van der Waals surface area contributed by atoms with Gasteiger partial charge >= 0.3 is 5.97 Å². The second kappa shape index (κ2) is 6.95. The molecule has 0 spiro atoms. The third kappa shape index (κ3) is 4.10. The van der Waals surface area contributed by atoms with Crippen LogP contribution in [0.1, 0.15) is 34.6 Å². The van der Waals surface area contributed by atoms with E-state index in [4.69, 9.17) is 0 Å². The SMILES string of the molecule is COC(=O)c1ccc(CNC(C)c2ccc(F)cc2)nc1. The van der Waals surface area contributed by atoms with Crippen LogP contribution in [0.2, 0.25) is 0 Å². The molecule has 1 N–H and O–H groups in total. The molecule has 0 fully saturated rings. The summed E-state index contributed by atoms with van der Waals surface area (Å²) >= 11 is 0. The maximum absolute atomic E-state index is 12.9. The third-order valence-electron chi connectivity index (χ3n) is 3.21. The van der Waals surface area contributed by atoms with E-state index < -0.39 is 5.97 Å². The van der Waals surface area contributed by atoms with Gasteiger partial charge in [-0.15, -0.1) is 0 Å². The number of methoxy groups -OCH3 is 1. The van der Waals surface area contributed by atoms with Crippen molar-refractivity contribution in [1.82, 2.24) is 10.3 Å². The number of aromatic nitrogens is 1. The first-order valence-electron chi connectivity index (χ1n) is 6.62. The van der Waals surface area contributed by atoms with Crippen molar-refractivity contribution in [3.05, 3.63) is 65.2 Å². The van der Waals surface area contributed by atoms with Crippen molar-refractivity contribution in [2.24, 2.45) is 0 Å². The van der Waals surface area contributed by atoms with Gasteiger partial charge in [-0.1, -0.05) is 12.1 Å². The van der Waals surface area contributed by atoms with Gasteiger partial charge in [0.25, 0.3) is 0 Å². The van der Waals surface area contributed by atoms with E-state index in [9.17, 15) is 9.18 Å². The van der Waals surface area contributed by atoms with Gasteiger partial charge in [0.15, 0.2) is 0 Å². The van der Waals surface area contributed by atoms with Gasteiger partial charge in [0.2, 0.25) is 0 Å². The molecule has 5 heteroatoms. The Morgan fingerprint density at radius 1 is 1.29 bits per heavy atom. The van der Waals surface area contributed by atoms with Crippen LogP contribution in [0, 0.1) is 5.82 Å². The molecule has 0 aliphatic carbocycles. The van der Waals surface area contributed by atoms with Crippen molar-refractivity contribution < 1.29 is 13.9 Å². The highest BCUT2D eigenvalue weighted by Crippen LogP contribution is 2.13. The first-order valence-corrected chi connectivity index (χ1v) is 6.62. The summed E-state index contributed by atoms with van der Waals surface area (Å²) in [6, 6.07) is 9.91. The number of esters is 1. The van der Waals surface area contributed by atoms with Crippen LogP contribution in [0.3, 0.4) is 0 Å². The molecule has 1 heterocycles. The van der Waals surface area contributed by atoms with Crippen molar-refractivity contribution in [3.63, 3.8) is 0 Å². The molecule has 1 atom stereocenters. The van der Waals surface area contributed by atoms with Crippen LogP contribution in [-0.2, 0) is 11.3 Å². The summed E-state index contributed by atoms with van der Waals surface area (Å²) in [5, 5.41) is 3.30. The summed E-state index contributed by atoms with van der Waals surface area (Å²) in [5.41, 5.74) is 2.24. The van der Waals surface area contributed by atoms with Crippen molar-refractivity contribution >= 4 is 5.97 Å². The zero-order chi connectivity index (χ0) is 15.2. The van der Waals surface area contributed by atoms with E-state index in [1.165, 1.54) is 25.4 Å². The van der Waals surface area contributed by atoms with E-state index in [0.717, 1.165) is 11.3 Å². The number of halogens is 1. The first-order chi connectivity index (χ1) is 10.1. The standard InChI is InChI=1S/C16H17FN2O2/c1-11(12-3-6-14(17)7-4-12)18-10-15-8-5-13(9-19-15)16(20)21-2/h3-9,11,18H,10H2,1-2H3. The molecule has 1 aromatic heterocycles. The minimum absolute atomic E-state index is 0.0766. The average molecular weight is 288 g/mol. The molecule has 1 aromatic carbocycles. The second-order valence-electron chi connectivity index (χ2n) is 4.68. The highest BCUT2D eigenvalue weighted by atomic mass is 19.1. The second-order valence-corrected chi connectivity index (χ2v) is 4.68. The van der Waals surface area contributed by atoms with Gasteiger partial charge in [-0.3, -0.25) is 4.98 Å². The van der Waals surface area contributed by atoms with Crippen LogP contribution in [0.4, 0.5) is 4.39 Å². The molecule has 0 bridgehead atoms. The highest BCUT2D eigenvalue weighted by molar-refractivity contribution is 5.88. The molecular formula is C16H17FN2O2. The van der Waals surface area contributed by atoms with Crippen LogP contribution in [0.5, 0.6) is 0 Å².